The van der Waals surface area contributed by atoms with E-state index >= 15 is 0 Å². The molecule has 1 heterocycles. The second kappa shape index (κ2) is 11.1. The maximum absolute atomic E-state index is 14.7. The highest BCUT2D eigenvalue weighted by molar-refractivity contribution is 5.76. The van der Waals surface area contributed by atoms with E-state index in [0.717, 1.165) is 45.2 Å². The van der Waals surface area contributed by atoms with Gasteiger partial charge < -0.3 is 9.64 Å². The number of carbonyl (C=O) groups is 1. The number of amides is 1. The highest BCUT2D eigenvalue weighted by Gasteiger charge is 2.31. The van der Waals surface area contributed by atoms with Gasteiger partial charge in [-0.25, -0.2) is 8.78 Å². The predicted molar refractivity (Wildman–Crippen MR) is 115 cm³/mol. The summed E-state index contributed by atoms with van der Waals surface area (Å²) in [6.07, 6.45) is 4.93. The molecule has 30 heavy (non-hydrogen) atoms. The Hall–Kier alpha value is -2.43. The third kappa shape index (κ3) is 6.82. The summed E-state index contributed by atoms with van der Waals surface area (Å²) in [5.41, 5.74) is 1.19. The van der Waals surface area contributed by atoms with Crippen LogP contribution in [0.3, 0.4) is 0 Å². The van der Waals surface area contributed by atoms with Gasteiger partial charge in [-0.05, 0) is 56.2 Å². The first-order valence-electron chi connectivity index (χ1n) is 11.0. The van der Waals surface area contributed by atoms with E-state index < -0.39 is 5.92 Å². The van der Waals surface area contributed by atoms with Gasteiger partial charge >= 0.3 is 0 Å². The Balaban J connectivity index is 1.44. The number of carbonyl (C=O) groups excluding carboxylic acids is 1. The van der Waals surface area contributed by atoms with Crippen LogP contribution in [0.15, 0.2) is 54.6 Å². The van der Waals surface area contributed by atoms with Crippen molar-refractivity contribution in [1.29, 1.82) is 0 Å². The van der Waals surface area contributed by atoms with Gasteiger partial charge in [0.25, 0.3) is 5.92 Å². The Morgan fingerprint density at radius 2 is 1.73 bits per heavy atom. The van der Waals surface area contributed by atoms with Gasteiger partial charge in [-0.15, -0.1) is 0 Å². The van der Waals surface area contributed by atoms with Crippen molar-refractivity contribution in [2.45, 2.75) is 57.3 Å². The summed E-state index contributed by atoms with van der Waals surface area (Å²) in [4.78, 5) is 14.0. The first kappa shape index (κ1) is 22.3. The molecule has 0 aromatic heterocycles. The quantitative estimate of drug-likeness (QED) is 0.447. The minimum absolute atomic E-state index is 0.000926. The molecule has 0 unspecified atom stereocenters. The molecule has 1 fully saturated rings. The van der Waals surface area contributed by atoms with Crippen LogP contribution in [0.2, 0.25) is 0 Å². The molecule has 1 aliphatic rings. The summed E-state index contributed by atoms with van der Waals surface area (Å²) in [6.45, 7) is 2.01. The first-order valence-corrected chi connectivity index (χ1v) is 11.0. The third-order valence-electron chi connectivity index (χ3n) is 5.57. The fourth-order valence-electron chi connectivity index (χ4n) is 3.83. The summed E-state index contributed by atoms with van der Waals surface area (Å²) in [5, 5.41) is 0. The van der Waals surface area contributed by atoms with Crippen LogP contribution in [0.4, 0.5) is 8.78 Å². The zero-order valence-electron chi connectivity index (χ0n) is 17.5. The molecule has 162 valence electrons. The maximum atomic E-state index is 14.7. The zero-order valence-corrected chi connectivity index (χ0v) is 17.5. The smallest absolute Gasteiger partial charge is 0.273 e. The van der Waals surface area contributed by atoms with E-state index in [-0.39, 0.29) is 30.7 Å². The van der Waals surface area contributed by atoms with Gasteiger partial charge in [0.1, 0.15) is 5.75 Å². The lowest BCUT2D eigenvalue weighted by molar-refractivity contribution is -0.132. The number of aryl methyl sites for hydroxylation is 1. The van der Waals surface area contributed by atoms with Gasteiger partial charge in [0.05, 0.1) is 6.61 Å². The molecule has 0 N–H and O–H groups in total. The Kier molecular flexibility index (Phi) is 8.23. The number of halogens is 2. The van der Waals surface area contributed by atoms with Crippen molar-refractivity contribution < 1.29 is 18.3 Å². The average Bonchev–Trinajstić information content (AvgIpc) is 2.78. The fourth-order valence-corrected chi connectivity index (χ4v) is 3.83. The van der Waals surface area contributed by atoms with Crippen molar-refractivity contribution in [3.63, 3.8) is 0 Å². The van der Waals surface area contributed by atoms with Crippen LogP contribution in [0.25, 0.3) is 0 Å². The van der Waals surface area contributed by atoms with Gasteiger partial charge in [-0.1, -0.05) is 42.5 Å². The maximum Gasteiger partial charge on any atom is 0.273 e. The predicted octanol–water partition coefficient (Wildman–Crippen LogP) is 5.97. The van der Waals surface area contributed by atoms with Crippen molar-refractivity contribution in [3.05, 3.63) is 65.7 Å². The standard InChI is InChI=1S/C25H31F2NO2/c26-25(27,16-8-15-24(29)28-17-5-2-6-18-28)22-13-7-14-23(20-22)30-19-9-12-21-10-3-1-4-11-21/h1,3-4,7,10-11,13-14,20H,2,5-6,8-9,12,15-19H2. The molecule has 0 saturated carbocycles. The van der Waals surface area contributed by atoms with Gasteiger partial charge in [0, 0.05) is 31.5 Å². The van der Waals surface area contributed by atoms with Crippen molar-refractivity contribution in [2.24, 2.45) is 0 Å². The SMILES string of the molecule is O=C(CCCC(F)(F)c1cccc(OCCCc2ccccc2)c1)N1CCCCC1. The minimum atomic E-state index is -2.97. The molecule has 1 amide bonds. The molecule has 1 aliphatic heterocycles. The van der Waals surface area contributed by atoms with Gasteiger partial charge in [0.2, 0.25) is 5.91 Å². The van der Waals surface area contributed by atoms with Crippen molar-refractivity contribution >= 4 is 5.91 Å². The van der Waals surface area contributed by atoms with Gasteiger partial charge in [-0.2, -0.15) is 0 Å². The lowest BCUT2D eigenvalue weighted by Gasteiger charge is -2.27. The molecule has 3 nitrogen and oxygen atoms in total. The van der Waals surface area contributed by atoms with Crippen LogP contribution in [-0.4, -0.2) is 30.5 Å². The van der Waals surface area contributed by atoms with E-state index in [2.05, 4.69) is 12.1 Å². The minimum Gasteiger partial charge on any atom is -0.494 e. The summed E-state index contributed by atoms with van der Waals surface area (Å²) in [7, 11) is 0. The fraction of sp³-hybridized carbons (Fsp3) is 0.480. The van der Waals surface area contributed by atoms with Crippen molar-refractivity contribution in [3.8, 4) is 5.75 Å². The topological polar surface area (TPSA) is 29.5 Å². The number of alkyl halides is 2. The van der Waals surface area contributed by atoms with Gasteiger partial charge in [0.15, 0.2) is 0 Å². The zero-order chi connectivity index (χ0) is 21.2. The number of rotatable bonds is 10. The number of hydrogen-bond acceptors (Lipinski definition) is 2. The van der Waals surface area contributed by atoms with E-state index in [9.17, 15) is 13.6 Å². The molecular formula is C25H31F2NO2. The second-order valence-corrected chi connectivity index (χ2v) is 7.96. The molecule has 5 heteroatoms. The van der Waals surface area contributed by atoms with Crippen molar-refractivity contribution in [2.75, 3.05) is 19.7 Å². The lowest BCUT2D eigenvalue weighted by atomic mass is 10.0. The van der Waals surface area contributed by atoms with E-state index in [1.54, 1.807) is 12.1 Å². The Morgan fingerprint density at radius 1 is 0.967 bits per heavy atom. The van der Waals surface area contributed by atoms with Crippen LogP contribution in [0, 0.1) is 0 Å². The van der Waals surface area contributed by atoms with E-state index in [0.29, 0.717) is 12.4 Å². The summed E-state index contributed by atoms with van der Waals surface area (Å²) >= 11 is 0. The molecule has 0 spiro atoms. The van der Waals surface area contributed by atoms with Crippen LogP contribution >= 0.6 is 0 Å². The highest BCUT2D eigenvalue weighted by Crippen LogP contribution is 2.35. The second-order valence-electron chi connectivity index (χ2n) is 7.96. The highest BCUT2D eigenvalue weighted by atomic mass is 19.3. The number of ether oxygens (including phenoxy) is 1. The molecule has 0 atom stereocenters. The molecule has 0 bridgehead atoms. The molecule has 1 saturated heterocycles. The Labute approximate surface area is 178 Å². The molecular weight excluding hydrogens is 384 g/mol. The van der Waals surface area contributed by atoms with Crippen LogP contribution in [0.1, 0.15) is 56.1 Å². The van der Waals surface area contributed by atoms with Gasteiger partial charge in [-0.3, -0.25) is 4.79 Å². The summed E-state index contributed by atoms with van der Waals surface area (Å²) in [5.74, 6) is -2.50. The monoisotopic (exact) mass is 415 g/mol. The van der Waals surface area contributed by atoms with Crippen molar-refractivity contribution in [1.82, 2.24) is 4.90 Å². The number of benzene rings is 2. The molecule has 3 rings (SSSR count). The average molecular weight is 416 g/mol. The van der Waals surface area contributed by atoms with E-state index in [4.69, 9.17) is 4.74 Å². The first-order chi connectivity index (χ1) is 14.5. The normalized spacial score (nSPS) is 14.5. The molecule has 2 aromatic carbocycles. The number of likely N-dealkylation sites (tertiary alicyclic amines) is 1. The number of nitrogens with zero attached hydrogens (tertiary/aromatic N) is 1. The lowest BCUT2D eigenvalue weighted by Crippen LogP contribution is -2.35. The summed E-state index contributed by atoms with van der Waals surface area (Å²) < 4.78 is 35.0. The van der Waals surface area contributed by atoms with Crippen LogP contribution < -0.4 is 4.74 Å². The van der Waals surface area contributed by atoms with E-state index in [1.807, 2.05) is 23.1 Å². The number of hydrogen-bond donors (Lipinski definition) is 0. The molecule has 0 radical (unpaired) electrons. The molecule has 2 aromatic rings. The largest absolute Gasteiger partial charge is 0.494 e. The Morgan fingerprint density at radius 3 is 2.50 bits per heavy atom. The Bertz CT molecular complexity index is 789. The van der Waals surface area contributed by atoms with Crippen LogP contribution in [0.5, 0.6) is 5.75 Å². The van der Waals surface area contributed by atoms with E-state index in [1.165, 1.54) is 17.7 Å². The third-order valence-corrected chi connectivity index (χ3v) is 5.57. The summed E-state index contributed by atoms with van der Waals surface area (Å²) in [6, 6.07) is 16.3. The molecule has 0 aliphatic carbocycles. The number of piperidine rings is 1. The van der Waals surface area contributed by atoms with Crippen LogP contribution in [-0.2, 0) is 17.1 Å².